The predicted molar refractivity (Wildman–Crippen MR) is 93.7 cm³/mol. The Bertz CT molecular complexity index is 943. The van der Waals surface area contributed by atoms with Crippen LogP contribution in [0.4, 0.5) is 0 Å². The Morgan fingerprint density at radius 1 is 1.00 bits per heavy atom. The zero-order valence-electron chi connectivity index (χ0n) is 14.2. The summed E-state index contributed by atoms with van der Waals surface area (Å²) in [4.78, 5) is 26.4. The molecule has 1 aliphatic rings. The summed E-state index contributed by atoms with van der Waals surface area (Å²) in [5, 5.41) is 7.67. The van der Waals surface area contributed by atoms with Crippen LogP contribution in [0.2, 0.25) is 0 Å². The number of amides is 1. The average molecular weight is 350 g/mol. The maximum absolute atomic E-state index is 12.3. The molecule has 0 atom stereocenters. The van der Waals surface area contributed by atoms with Crippen molar-refractivity contribution in [1.82, 2.24) is 19.5 Å². The lowest BCUT2D eigenvalue weighted by atomic mass is 10.1. The second-order valence-corrected chi connectivity index (χ2v) is 6.29. The second kappa shape index (κ2) is 6.95. The van der Waals surface area contributed by atoms with E-state index in [1.54, 1.807) is 34.9 Å². The summed E-state index contributed by atoms with van der Waals surface area (Å²) in [6, 6.07) is 10.6. The first-order valence-corrected chi connectivity index (χ1v) is 8.55. The molecule has 3 aromatic rings. The summed E-state index contributed by atoms with van der Waals surface area (Å²) in [7, 11) is 0. The van der Waals surface area contributed by atoms with E-state index >= 15 is 0 Å². The maximum atomic E-state index is 12.3. The van der Waals surface area contributed by atoms with Crippen LogP contribution in [-0.2, 0) is 11.3 Å². The van der Waals surface area contributed by atoms with Crippen molar-refractivity contribution in [2.45, 2.75) is 19.4 Å². The maximum Gasteiger partial charge on any atom is 0.339 e. The van der Waals surface area contributed by atoms with Gasteiger partial charge in [-0.1, -0.05) is 12.1 Å². The van der Waals surface area contributed by atoms with Crippen LogP contribution in [0, 0.1) is 0 Å². The van der Waals surface area contributed by atoms with Gasteiger partial charge in [0, 0.05) is 24.8 Å². The van der Waals surface area contributed by atoms with E-state index < -0.39 is 5.97 Å². The van der Waals surface area contributed by atoms with Crippen LogP contribution in [0.5, 0.6) is 0 Å². The van der Waals surface area contributed by atoms with Crippen LogP contribution in [0.3, 0.4) is 0 Å². The van der Waals surface area contributed by atoms with E-state index in [9.17, 15) is 9.59 Å². The van der Waals surface area contributed by atoms with Crippen molar-refractivity contribution in [2.24, 2.45) is 0 Å². The van der Waals surface area contributed by atoms with Gasteiger partial charge in [-0.15, -0.1) is 10.2 Å². The minimum Gasteiger partial charge on any atom is -0.457 e. The summed E-state index contributed by atoms with van der Waals surface area (Å²) < 4.78 is 7.01. The van der Waals surface area contributed by atoms with Crippen LogP contribution in [-0.4, -0.2) is 44.5 Å². The number of aromatic nitrogens is 3. The largest absolute Gasteiger partial charge is 0.457 e. The molecule has 1 amide bonds. The standard InChI is InChI=1S/C19H18N4O3/c24-18(22-9-1-2-10-22)15-5-3-14(4-6-15)12-26-19(25)16-7-8-17-21-20-13-23(17)11-16/h3-8,11,13H,1-2,9-10,12H2. The molecule has 1 fully saturated rings. The predicted octanol–water partition coefficient (Wildman–Crippen LogP) is 2.32. The molecule has 0 radical (unpaired) electrons. The molecule has 0 aliphatic carbocycles. The SMILES string of the molecule is O=C(OCc1ccc(C(=O)N2CCCC2)cc1)c1ccc2nncn2c1. The van der Waals surface area contributed by atoms with E-state index in [2.05, 4.69) is 10.2 Å². The third-order valence-electron chi connectivity index (χ3n) is 4.49. The highest BCUT2D eigenvalue weighted by atomic mass is 16.5. The molecule has 0 bridgehead atoms. The molecule has 0 unspecified atom stereocenters. The molecule has 7 nitrogen and oxygen atoms in total. The number of ether oxygens (including phenoxy) is 1. The highest BCUT2D eigenvalue weighted by Crippen LogP contribution is 2.14. The van der Waals surface area contributed by atoms with Gasteiger partial charge in [0.25, 0.3) is 5.91 Å². The molecule has 4 rings (SSSR count). The number of hydrogen-bond acceptors (Lipinski definition) is 5. The smallest absolute Gasteiger partial charge is 0.339 e. The number of esters is 1. The molecule has 3 heterocycles. The summed E-state index contributed by atoms with van der Waals surface area (Å²) in [5.74, 6) is -0.355. The quantitative estimate of drug-likeness (QED) is 0.675. The highest BCUT2D eigenvalue weighted by Gasteiger charge is 2.19. The van der Waals surface area contributed by atoms with Gasteiger partial charge in [0.15, 0.2) is 5.65 Å². The number of fused-ring (bicyclic) bond motifs is 1. The Morgan fingerprint density at radius 2 is 1.73 bits per heavy atom. The number of pyridine rings is 1. The highest BCUT2D eigenvalue weighted by molar-refractivity contribution is 5.94. The lowest BCUT2D eigenvalue weighted by Gasteiger charge is -2.15. The molecule has 132 valence electrons. The van der Waals surface area contributed by atoms with Gasteiger partial charge in [-0.2, -0.15) is 0 Å². The molecule has 26 heavy (non-hydrogen) atoms. The van der Waals surface area contributed by atoms with Crippen LogP contribution >= 0.6 is 0 Å². The monoisotopic (exact) mass is 350 g/mol. The topological polar surface area (TPSA) is 76.8 Å². The lowest BCUT2D eigenvalue weighted by molar-refractivity contribution is 0.0471. The molecule has 1 aliphatic heterocycles. The van der Waals surface area contributed by atoms with Crippen molar-refractivity contribution in [3.63, 3.8) is 0 Å². The molecule has 1 aromatic carbocycles. The van der Waals surface area contributed by atoms with Gasteiger partial charge >= 0.3 is 5.97 Å². The fraction of sp³-hybridized carbons (Fsp3) is 0.263. The molecule has 7 heteroatoms. The van der Waals surface area contributed by atoms with Crippen molar-refractivity contribution in [3.05, 3.63) is 65.6 Å². The molecular formula is C19H18N4O3. The summed E-state index contributed by atoms with van der Waals surface area (Å²) in [6.07, 6.45) is 5.30. The number of likely N-dealkylation sites (tertiary alicyclic amines) is 1. The molecule has 1 saturated heterocycles. The van der Waals surface area contributed by atoms with E-state index in [0.717, 1.165) is 31.5 Å². The second-order valence-electron chi connectivity index (χ2n) is 6.29. The van der Waals surface area contributed by atoms with Crippen molar-refractivity contribution in [2.75, 3.05) is 13.1 Å². The van der Waals surface area contributed by atoms with Crippen molar-refractivity contribution in [3.8, 4) is 0 Å². The minimum absolute atomic E-state index is 0.0632. The number of carbonyl (C=O) groups excluding carboxylic acids is 2. The first kappa shape index (κ1) is 16.3. The van der Waals surface area contributed by atoms with Crippen LogP contribution < -0.4 is 0 Å². The van der Waals surface area contributed by atoms with E-state index in [1.807, 2.05) is 17.0 Å². The Morgan fingerprint density at radius 3 is 2.50 bits per heavy atom. The van der Waals surface area contributed by atoms with Crippen molar-refractivity contribution < 1.29 is 14.3 Å². The van der Waals surface area contributed by atoms with Gasteiger partial charge < -0.3 is 9.64 Å². The first-order valence-electron chi connectivity index (χ1n) is 8.55. The lowest BCUT2D eigenvalue weighted by Crippen LogP contribution is -2.27. The molecule has 0 N–H and O–H groups in total. The Kier molecular flexibility index (Phi) is 4.35. The van der Waals surface area contributed by atoms with Gasteiger partial charge in [-0.25, -0.2) is 4.79 Å². The van der Waals surface area contributed by atoms with Crippen LogP contribution in [0.1, 0.15) is 39.1 Å². The van der Waals surface area contributed by atoms with Crippen molar-refractivity contribution >= 4 is 17.5 Å². The molecule has 2 aromatic heterocycles. The average Bonchev–Trinajstić information content (AvgIpc) is 3.37. The zero-order chi connectivity index (χ0) is 17.9. The number of carbonyl (C=O) groups is 2. The number of benzene rings is 1. The van der Waals surface area contributed by atoms with E-state index in [-0.39, 0.29) is 12.5 Å². The third-order valence-corrected chi connectivity index (χ3v) is 4.49. The minimum atomic E-state index is -0.419. The summed E-state index contributed by atoms with van der Waals surface area (Å²) in [6.45, 7) is 1.81. The summed E-state index contributed by atoms with van der Waals surface area (Å²) in [5.41, 5.74) is 2.60. The fourth-order valence-electron chi connectivity index (χ4n) is 3.03. The van der Waals surface area contributed by atoms with Gasteiger partial charge in [0.05, 0.1) is 5.56 Å². The van der Waals surface area contributed by atoms with Gasteiger partial charge in [0.2, 0.25) is 0 Å². The molecular weight excluding hydrogens is 332 g/mol. The fourth-order valence-corrected chi connectivity index (χ4v) is 3.03. The third kappa shape index (κ3) is 3.28. The van der Waals surface area contributed by atoms with E-state index in [0.29, 0.717) is 16.8 Å². The number of hydrogen-bond donors (Lipinski definition) is 0. The number of rotatable bonds is 4. The molecule has 0 spiro atoms. The van der Waals surface area contributed by atoms with Crippen molar-refractivity contribution in [1.29, 1.82) is 0 Å². The van der Waals surface area contributed by atoms with E-state index in [1.165, 1.54) is 6.33 Å². The van der Waals surface area contributed by atoms with Gasteiger partial charge in [-0.3, -0.25) is 9.20 Å². The first-order chi connectivity index (χ1) is 12.7. The normalized spacial score (nSPS) is 13.9. The summed E-state index contributed by atoms with van der Waals surface area (Å²) >= 11 is 0. The zero-order valence-corrected chi connectivity index (χ0v) is 14.2. The van der Waals surface area contributed by atoms with E-state index in [4.69, 9.17) is 4.74 Å². The van der Waals surface area contributed by atoms with Gasteiger partial charge in [-0.05, 0) is 42.7 Å². The van der Waals surface area contributed by atoms with Gasteiger partial charge in [0.1, 0.15) is 12.9 Å². The molecule has 0 saturated carbocycles. The number of nitrogens with zero attached hydrogens (tertiary/aromatic N) is 4. The Balaban J connectivity index is 1.38. The Labute approximate surface area is 150 Å². The Hall–Kier alpha value is -3.22. The van der Waals surface area contributed by atoms with Crippen LogP contribution in [0.15, 0.2) is 48.9 Å². The van der Waals surface area contributed by atoms with Crippen LogP contribution in [0.25, 0.3) is 5.65 Å².